The lowest BCUT2D eigenvalue weighted by molar-refractivity contribution is 0.257. The summed E-state index contributed by atoms with van der Waals surface area (Å²) in [6, 6.07) is 12.3. The zero-order valence-electron chi connectivity index (χ0n) is 12.2. The van der Waals surface area contributed by atoms with Crippen LogP contribution in [0.25, 0.3) is 0 Å². The van der Waals surface area contributed by atoms with Gasteiger partial charge in [0, 0.05) is 23.8 Å². The number of nitrogen functional groups attached to an aromatic ring is 1. The van der Waals surface area contributed by atoms with E-state index in [4.69, 9.17) is 17.3 Å². The van der Waals surface area contributed by atoms with Gasteiger partial charge in [-0.05, 0) is 54.4 Å². The van der Waals surface area contributed by atoms with Crippen molar-refractivity contribution in [3.8, 4) is 0 Å². The molecule has 0 amide bonds. The topological polar surface area (TPSA) is 29.3 Å². The highest BCUT2D eigenvalue weighted by molar-refractivity contribution is 6.31. The second-order valence-electron chi connectivity index (χ2n) is 5.19. The Morgan fingerprint density at radius 1 is 1.14 bits per heavy atom. The van der Waals surface area contributed by atoms with Crippen molar-refractivity contribution < 1.29 is 4.39 Å². The molecule has 0 heterocycles. The predicted octanol–water partition coefficient (Wildman–Crippen LogP) is 4.47. The molecule has 0 radical (unpaired) electrons. The second kappa shape index (κ2) is 7.43. The summed E-state index contributed by atoms with van der Waals surface area (Å²) < 4.78 is 13.4. The van der Waals surface area contributed by atoms with Gasteiger partial charge in [-0.2, -0.15) is 0 Å². The van der Waals surface area contributed by atoms with Crippen LogP contribution in [0.4, 0.5) is 10.1 Å². The van der Waals surface area contributed by atoms with Crippen LogP contribution in [0.3, 0.4) is 0 Å². The van der Waals surface area contributed by atoms with Crippen molar-refractivity contribution in [1.29, 1.82) is 0 Å². The molecule has 0 aliphatic carbocycles. The van der Waals surface area contributed by atoms with E-state index in [0.29, 0.717) is 11.6 Å². The largest absolute Gasteiger partial charge is 0.399 e. The molecule has 0 saturated carbocycles. The molecular weight excluding hydrogens is 287 g/mol. The zero-order valence-corrected chi connectivity index (χ0v) is 12.9. The Morgan fingerprint density at radius 3 is 2.67 bits per heavy atom. The molecule has 2 aromatic rings. The molecule has 0 aromatic heterocycles. The average molecular weight is 307 g/mol. The highest BCUT2D eigenvalue weighted by atomic mass is 35.5. The lowest BCUT2D eigenvalue weighted by atomic mass is 10.1. The average Bonchev–Trinajstić information content (AvgIpc) is 2.43. The highest BCUT2D eigenvalue weighted by Crippen LogP contribution is 2.20. The monoisotopic (exact) mass is 306 g/mol. The van der Waals surface area contributed by atoms with Crippen molar-refractivity contribution in [3.05, 3.63) is 64.4 Å². The van der Waals surface area contributed by atoms with E-state index in [-0.39, 0.29) is 5.82 Å². The van der Waals surface area contributed by atoms with Gasteiger partial charge in [-0.25, -0.2) is 4.39 Å². The maximum atomic E-state index is 13.4. The van der Waals surface area contributed by atoms with Crippen LogP contribution in [0.1, 0.15) is 24.5 Å². The van der Waals surface area contributed by atoms with Crippen molar-refractivity contribution in [2.45, 2.75) is 26.4 Å². The number of anilines is 1. The van der Waals surface area contributed by atoms with Crippen LogP contribution < -0.4 is 5.73 Å². The van der Waals surface area contributed by atoms with Gasteiger partial charge in [0.15, 0.2) is 0 Å². The molecule has 2 N–H and O–H groups in total. The van der Waals surface area contributed by atoms with Gasteiger partial charge < -0.3 is 5.73 Å². The van der Waals surface area contributed by atoms with E-state index >= 15 is 0 Å². The first-order chi connectivity index (χ1) is 10.1. The summed E-state index contributed by atoms with van der Waals surface area (Å²) in [5.74, 6) is -0.255. The third-order valence-electron chi connectivity index (χ3n) is 3.30. The van der Waals surface area contributed by atoms with Crippen LogP contribution in [-0.4, -0.2) is 11.4 Å². The van der Waals surface area contributed by atoms with E-state index in [2.05, 4.69) is 11.8 Å². The molecule has 2 aromatic carbocycles. The summed E-state index contributed by atoms with van der Waals surface area (Å²) in [6.07, 6.45) is 1.02. The first-order valence-electron chi connectivity index (χ1n) is 7.09. The Labute approximate surface area is 130 Å². The standard InChI is InChI=1S/C17H20ClFN2/c1-2-8-21(11-13-4-3-5-16(20)9-13)12-14-10-15(19)6-7-17(14)18/h3-7,9-10H,2,8,11-12,20H2,1H3. The van der Waals surface area contributed by atoms with Crippen LogP contribution >= 0.6 is 11.6 Å². The number of benzene rings is 2. The maximum Gasteiger partial charge on any atom is 0.123 e. The van der Waals surface area contributed by atoms with Gasteiger partial charge in [-0.3, -0.25) is 4.90 Å². The fraction of sp³-hybridized carbons (Fsp3) is 0.294. The normalized spacial score (nSPS) is 11.0. The third kappa shape index (κ3) is 4.73. The molecule has 0 aliphatic heterocycles. The molecule has 0 atom stereocenters. The Kier molecular flexibility index (Phi) is 5.59. The summed E-state index contributed by atoms with van der Waals surface area (Å²) in [6.45, 7) is 4.44. The summed E-state index contributed by atoms with van der Waals surface area (Å²) >= 11 is 6.16. The number of halogens is 2. The summed E-state index contributed by atoms with van der Waals surface area (Å²) in [5.41, 5.74) is 8.54. The molecular formula is C17H20ClFN2. The van der Waals surface area contributed by atoms with Crippen LogP contribution in [0.15, 0.2) is 42.5 Å². The van der Waals surface area contributed by atoms with E-state index in [1.54, 1.807) is 6.07 Å². The van der Waals surface area contributed by atoms with Gasteiger partial charge in [0.25, 0.3) is 0 Å². The van der Waals surface area contributed by atoms with Gasteiger partial charge in [-0.1, -0.05) is 30.7 Å². The van der Waals surface area contributed by atoms with Crippen LogP contribution in [0.2, 0.25) is 5.02 Å². The number of hydrogen-bond donors (Lipinski definition) is 1. The van der Waals surface area contributed by atoms with Gasteiger partial charge >= 0.3 is 0 Å². The molecule has 4 heteroatoms. The van der Waals surface area contributed by atoms with E-state index in [1.807, 2.05) is 24.3 Å². The lowest BCUT2D eigenvalue weighted by Crippen LogP contribution is -2.24. The van der Waals surface area contributed by atoms with E-state index in [1.165, 1.54) is 12.1 Å². The Hall–Kier alpha value is -1.58. The third-order valence-corrected chi connectivity index (χ3v) is 3.67. The second-order valence-corrected chi connectivity index (χ2v) is 5.60. The molecule has 2 nitrogen and oxygen atoms in total. The van der Waals surface area contributed by atoms with Gasteiger partial charge in [0.1, 0.15) is 5.82 Å². The number of nitrogens with two attached hydrogens (primary N) is 1. The van der Waals surface area contributed by atoms with Crippen molar-refractivity contribution >= 4 is 17.3 Å². The number of nitrogens with zero attached hydrogens (tertiary/aromatic N) is 1. The predicted molar refractivity (Wildman–Crippen MR) is 86.7 cm³/mol. The Balaban J connectivity index is 2.13. The van der Waals surface area contributed by atoms with E-state index in [9.17, 15) is 4.39 Å². The quantitative estimate of drug-likeness (QED) is 0.798. The zero-order chi connectivity index (χ0) is 15.2. The van der Waals surface area contributed by atoms with Crippen molar-refractivity contribution in [2.75, 3.05) is 12.3 Å². The Bertz CT molecular complexity index is 601. The summed E-state index contributed by atoms with van der Waals surface area (Å²) in [7, 11) is 0. The molecule has 21 heavy (non-hydrogen) atoms. The molecule has 0 spiro atoms. The molecule has 112 valence electrons. The lowest BCUT2D eigenvalue weighted by Gasteiger charge is -2.22. The van der Waals surface area contributed by atoms with E-state index < -0.39 is 0 Å². The molecule has 0 unspecified atom stereocenters. The SMILES string of the molecule is CCCN(Cc1cccc(N)c1)Cc1cc(F)ccc1Cl. The fourth-order valence-corrected chi connectivity index (χ4v) is 2.56. The van der Waals surface area contributed by atoms with Gasteiger partial charge in [-0.15, -0.1) is 0 Å². The Morgan fingerprint density at radius 2 is 1.95 bits per heavy atom. The number of rotatable bonds is 6. The number of hydrogen-bond acceptors (Lipinski definition) is 2. The van der Waals surface area contributed by atoms with Gasteiger partial charge in [0.2, 0.25) is 0 Å². The maximum absolute atomic E-state index is 13.4. The summed E-state index contributed by atoms with van der Waals surface area (Å²) in [4.78, 5) is 2.25. The van der Waals surface area contributed by atoms with Crippen molar-refractivity contribution in [2.24, 2.45) is 0 Å². The van der Waals surface area contributed by atoms with Crippen molar-refractivity contribution in [3.63, 3.8) is 0 Å². The van der Waals surface area contributed by atoms with Crippen LogP contribution in [0, 0.1) is 5.82 Å². The van der Waals surface area contributed by atoms with E-state index in [0.717, 1.165) is 36.3 Å². The van der Waals surface area contributed by atoms with Crippen LogP contribution in [0.5, 0.6) is 0 Å². The molecule has 0 aliphatic rings. The van der Waals surface area contributed by atoms with Crippen LogP contribution in [-0.2, 0) is 13.1 Å². The summed E-state index contributed by atoms with van der Waals surface area (Å²) in [5, 5.41) is 0.602. The minimum absolute atomic E-state index is 0.255. The highest BCUT2D eigenvalue weighted by Gasteiger charge is 2.10. The van der Waals surface area contributed by atoms with Crippen molar-refractivity contribution in [1.82, 2.24) is 4.90 Å². The fourth-order valence-electron chi connectivity index (χ4n) is 2.39. The molecule has 2 rings (SSSR count). The molecule has 0 saturated heterocycles. The minimum atomic E-state index is -0.255. The minimum Gasteiger partial charge on any atom is -0.399 e. The smallest absolute Gasteiger partial charge is 0.123 e. The molecule has 0 bridgehead atoms. The first kappa shape index (κ1) is 15.8. The van der Waals surface area contributed by atoms with Gasteiger partial charge in [0.05, 0.1) is 0 Å². The molecule has 0 fully saturated rings. The first-order valence-corrected chi connectivity index (χ1v) is 7.47.